The molecule has 1 aliphatic carbocycles. The van der Waals surface area contributed by atoms with Gasteiger partial charge in [-0.25, -0.2) is 0 Å². The number of allylic oxidation sites excluding steroid dienone is 1. The molecule has 0 amide bonds. The summed E-state index contributed by atoms with van der Waals surface area (Å²) in [6.07, 6.45) is 15.7. The second-order valence-electron chi connectivity index (χ2n) is 6.86. The minimum absolute atomic E-state index is 0.00841. The van der Waals surface area contributed by atoms with Gasteiger partial charge in [0.1, 0.15) is 0 Å². The maximum atomic E-state index is 11.6. The molecule has 132 valence electrons. The van der Waals surface area contributed by atoms with Crippen molar-refractivity contribution in [2.24, 2.45) is 11.3 Å². The van der Waals surface area contributed by atoms with Crippen molar-refractivity contribution in [2.45, 2.75) is 84.0 Å². The second kappa shape index (κ2) is 10.5. The highest BCUT2D eigenvalue weighted by Gasteiger charge is 2.50. The number of carbonyl (C=O) groups is 2. The van der Waals surface area contributed by atoms with Crippen LogP contribution in [-0.2, 0) is 9.59 Å². The minimum atomic E-state index is -1.19. The smallest absolute Gasteiger partial charge is 0.314 e. The molecule has 1 rings (SSSR count). The summed E-state index contributed by atoms with van der Waals surface area (Å²) in [5, 5.41) is 18.6. The van der Waals surface area contributed by atoms with Gasteiger partial charge in [0.25, 0.3) is 0 Å². The van der Waals surface area contributed by atoms with Gasteiger partial charge in [0.2, 0.25) is 0 Å². The summed E-state index contributed by atoms with van der Waals surface area (Å²) in [4.78, 5) is 22.7. The zero-order valence-electron chi connectivity index (χ0n) is 14.4. The van der Waals surface area contributed by atoms with Crippen LogP contribution < -0.4 is 0 Å². The first-order chi connectivity index (χ1) is 11.0. The first-order valence-electron chi connectivity index (χ1n) is 9.16. The van der Waals surface area contributed by atoms with Crippen molar-refractivity contribution in [1.29, 1.82) is 0 Å². The number of unbranched alkanes of at least 4 members (excludes halogenated alkanes) is 8. The fraction of sp³-hybridized carbons (Fsp3) is 0.789. The molecular weight excluding hydrogens is 292 g/mol. The van der Waals surface area contributed by atoms with Crippen LogP contribution in [-0.4, -0.2) is 22.2 Å². The van der Waals surface area contributed by atoms with E-state index in [0.717, 1.165) is 25.7 Å². The molecular formula is C19H32O4. The third kappa shape index (κ3) is 7.19. The van der Waals surface area contributed by atoms with Crippen LogP contribution in [0.25, 0.3) is 0 Å². The zero-order chi connectivity index (χ0) is 17.1. The van der Waals surface area contributed by atoms with Crippen LogP contribution in [0.4, 0.5) is 0 Å². The van der Waals surface area contributed by atoms with Gasteiger partial charge in [0, 0.05) is 0 Å². The molecule has 4 heteroatoms. The van der Waals surface area contributed by atoms with Gasteiger partial charge in [-0.15, -0.1) is 0 Å². The van der Waals surface area contributed by atoms with Crippen molar-refractivity contribution >= 4 is 11.9 Å². The Balaban J connectivity index is 2.29. The van der Waals surface area contributed by atoms with Gasteiger partial charge in [0.15, 0.2) is 0 Å². The Morgan fingerprint density at radius 3 is 2.04 bits per heavy atom. The van der Waals surface area contributed by atoms with Crippen LogP contribution in [0.15, 0.2) is 12.2 Å². The molecule has 0 saturated heterocycles. The minimum Gasteiger partial charge on any atom is -0.481 e. The average molecular weight is 324 g/mol. The highest BCUT2D eigenvalue weighted by Crippen LogP contribution is 2.49. The van der Waals surface area contributed by atoms with Gasteiger partial charge in [0.05, 0.1) is 11.8 Å². The van der Waals surface area contributed by atoms with E-state index in [1.165, 1.54) is 44.9 Å². The molecule has 0 aromatic carbocycles. The third-order valence-electron chi connectivity index (χ3n) is 4.79. The van der Waals surface area contributed by atoms with Crippen molar-refractivity contribution in [2.75, 3.05) is 0 Å². The Bertz CT molecular complexity index is 398. The summed E-state index contributed by atoms with van der Waals surface area (Å²) in [5.41, 5.74) is -1.19. The van der Waals surface area contributed by atoms with Crippen LogP contribution >= 0.6 is 0 Å². The lowest BCUT2D eigenvalue weighted by atomic mass is 9.78. The van der Waals surface area contributed by atoms with E-state index in [0.29, 0.717) is 0 Å². The Labute approximate surface area is 140 Å². The lowest BCUT2D eigenvalue weighted by Crippen LogP contribution is -2.34. The van der Waals surface area contributed by atoms with Crippen molar-refractivity contribution in [1.82, 2.24) is 0 Å². The lowest BCUT2D eigenvalue weighted by molar-refractivity contribution is -0.153. The largest absolute Gasteiger partial charge is 0.481 e. The summed E-state index contributed by atoms with van der Waals surface area (Å²) >= 11 is 0. The molecule has 1 unspecified atom stereocenters. The average Bonchev–Trinajstić information content (AvgIpc) is 3.32. The van der Waals surface area contributed by atoms with Crippen LogP contribution in [0.3, 0.4) is 0 Å². The Kier molecular flexibility index (Phi) is 8.97. The summed E-state index contributed by atoms with van der Waals surface area (Å²) in [5.74, 6) is -2.03. The fourth-order valence-electron chi connectivity index (χ4n) is 3.20. The zero-order valence-corrected chi connectivity index (χ0v) is 14.4. The number of carboxylic acid groups (broad SMARTS) is 2. The van der Waals surface area contributed by atoms with Crippen LogP contribution in [0.2, 0.25) is 0 Å². The lowest BCUT2D eigenvalue weighted by Gasteiger charge is -2.23. The maximum Gasteiger partial charge on any atom is 0.314 e. The van der Waals surface area contributed by atoms with Crippen LogP contribution in [0.5, 0.6) is 0 Å². The van der Waals surface area contributed by atoms with E-state index in [9.17, 15) is 14.7 Å². The number of aliphatic carboxylic acids is 2. The molecule has 4 nitrogen and oxygen atoms in total. The predicted molar refractivity (Wildman–Crippen MR) is 91.4 cm³/mol. The number of rotatable bonds is 14. The summed E-state index contributed by atoms with van der Waals surface area (Å²) < 4.78 is 0. The number of hydrogen-bond acceptors (Lipinski definition) is 2. The highest BCUT2D eigenvalue weighted by molar-refractivity contribution is 5.84. The fourth-order valence-corrected chi connectivity index (χ4v) is 3.20. The van der Waals surface area contributed by atoms with E-state index in [2.05, 4.69) is 6.92 Å². The maximum absolute atomic E-state index is 11.6. The summed E-state index contributed by atoms with van der Waals surface area (Å²) in [6.45, 7) is 2.22. The summed E-state index contributed by atoms with van der Waals surface area (Å²) in [7, 11) is 0. The van der Waals surface area contributed by atoms with E-state index < -0.39 is 17.4 Å². The molecule has 1 saturated carbocycles. The Morgan fingerprint density at radius 2 is 1.57 bits per heavy atom. The molecule has 23 heavy (non-hydrogen) atoms. The highest BCUT2D eigenvalue weighted by atomic mass is 16.4. The van der Waals surface area contributed by atoms with Crippen LogP contribution in [0.1, 0.15) is 84.0 Å². The van der Waals surface area contributed by atoms with Crippen molar-refractivity contribution in [3.05, 3.63) is 12.2 Å². The third-order valence-corrected chi connectivity index (χ3v) is 4.79. The first kappa shape index (κ1) is 19.7. The predicted octanol–water partition coefficient (Wildman–Crippen LogP) is 5.03. The number of carboxylic acids is 2. The van der Waals surface area contributed by atoms with E-state index in [4.69, 9.17) is 5.11 Å². The Morgan fingerprint density at radius 1 is 1.00 bits per heavy atom. The van der Waals surface area contributed by atoms with Gasteiger partial charge in [-0.1, -0.05) is 64.0 Å². The molecule has 0 radical (unpaired) electrons. The van der Waals surface area contributed by atoms with Crippen molar-refractivity contribution in [3.8, 4) is 0 Å². The second-order valence-corrected chi connectivity index (χ2v) is 6.86. The van der Waals surface area contributed by atoms with E-state index in [1.807, 2.05) is 6.08 Å². The molecule has 0 aromatic rings. The SMILES string of the molecule is CCCCCCCCCCC=CC(CC(=O)O)(C(=O)O)C1CC1. The first-order valence-corrected chi connectivity index (χ1v) is 9.16. The van der Waals surface area contributed by atoms with Crippen LogP contribution in [0, 0.1) is 11.3 Å². The van der Waals surface area contributed by atoms with Gasteiger partial charge in [-0.3, -0.25) is 9.59 Å². The molecule has 1 atom stereocenters. The van der Waals surface area contributed by atoms with E-state index >= 15 is 0 Å². The molecule has 1 aliphatic rings. The van der Waals surface area contributed by atoms with Gasteiger partial charge >= 0.3 is 11.9 Å². The molecule has 0 aliphatic heterocycles. The normalized spacial score (nSPS) is 17.3. The van der Waals surface area contributed by atoms with E-state index in [1.54, 1.807) is 6.08 Å². The molecule has 0 bridgehead atoms. The topological polar surface area (TPSA) is 74.6 Å². The molecule has 1 fully saturated rings. The van der Waals surface area contributed by atoms with Crippen molar-refractivity contribution < 1.29 is 19.8 Å². The Hall–Kier alpha value is -1.32. The quantitative estimate of drug-likeness (QED) is 0.347. The monoisotopic (exact) mass is 324 g/mol. The molecule has 0 aromatic heterocycles. The summed E-state index contributed by atoms with van der Waals surface area (Å²) in [6, 6.07) is 0. The van der Waals surface area contributed by atoms with Crippen molar-refractivity contribution in [3.63, 3.8) is 0 Å². The standard InChI is InChI=1S/C19H32O4/c1-2-3-4-5-6-7-8-9-10-11-14-19(18(22)23,15-17(20)21)16-12-13-16/h11,14,16H,2-10,12-13,15H2,1H3,(H,20,21)(H,22,23). The number of hydrogen-bond donors (Lipinski definition) is 2. The van der Waals surface area contributed by atoms with Gasteiger partial charge < -0.3 is 10.2 Å². The molecule has 0 spiro atoms. The molecule has 0 heterocycles. The van der Waals surface area contributed by atoms with Gasteiger partial charge in [-0.2, -0.15) is 0 Å². The van der Waals surface area contributed by atoms with E-state index in [-0.39, 0.29) is 12.3 Å². The van der Waals surface area contributed by atoms with Gasteiger partial charge in [-0.05, 0) is 31.6 Å². The molecule has 2 N–H and O–H groups in total.